The minimum Gasteiger partial charge on any atom is -0.382 e. The van der Waals surface area contributed by atoms with E-state index in [1.807, 2.05) is 12.1 Å². The van der Waals surface area contributed by atoms with Gasteiger partial charge in [0.15, 0.2) is 5.82 Å². The zero-order valence-electron chi connectivity index (χ0n) is 10.7. The molecule has 0 saturated carbocycles. The van der Waals surface area contributed by atoms with E-state index in [0.717, 1.165) is 24.5 Å². The van der Waals surface area contributed by atoms with Gasteiger partial charge in [0.1, 0.15) is 12.7 Å². The molecule has 0 amide bonds. The Morgan fingerprint density at radius 3 is 3.16 bits per heavy atom. The van der Waals surface area contributed by atoms with Crippen LogP contribution in [0.15, 0.2) is 43.1 Å². The number of aromatic nitrogens is 4. The number of rotatable bonds is 4. The first kappa shape index (κ1) is 11.9. The topological polar surface area (TPSA) is 55.6 Å². The number of hydrogen-bond acceptors (Lipinski definition) is 4. The highest BCUT2D eigenvalue weighted by Gasteiger charge is 2.11. The standard InChI is InChI=1S/C14H17N5/c1-2-5-12(6-3-1)9-17-13-7-4-8-16-14(13)19-11-15-10-18-19/h1-2,4,7-8,10-12,17H,3,5-6,9H2. The Bertz CT molecular complexity index is 547. The van der Waals surface area contributed by atoms with E-state index in [-0.39, 0.29) is 0 Å². The van der Waals surface area contributed by atoms with Crippen LogP contribution in [0.25, 0.3) is 5.82 Å². The lowest BCUT2D eigenvalue weighted by atomic mass is 9.94. The molecule has 1 N–H and O–H groups in total. The molecule has 1 unspecified atom stereocenters. The van der Waals surface area contributed by atoms with E-state index >= 15 is 0 Å². The highest BCUT2D eigenvalue weighted by molar-refractivity contribution is 5.56. The SMILES string of the molecule is C1=CCC(CNc2cccnc2-n2cncn2)CC1. The molecule has 1 atom stereocenters. The zero-order valence-corrected chi connectivity index (χ0v) is 10.7. The van der Waals surface area contributed by atoms with Crippen LogP contribution in [0.1, 0.15) is 19.3 Å². The smallest absolute Gasteiger partial charge is 0.178 e. The maximum absolute atomic E-state index is 4.37. The molecular formula is C14H17N5. The van der Waals surface area contributed by atoms with Crippen LogP contribution in [0, 0.1) is 5.92 Å². The van der Waals surface area contributed by atoms with Crippen molar-refractivity contribution in [2.75, 3.05) is 11.9 Å². The molecule has 2 aromatic heterocycles. The van der Waals surface area contributed by atoms with Crippen LogP contribution >= 0.6 is 0 Å². The molecule has 0 radical (unpaired) electrons. The Labute approximate surface area is 112 Å². The van der Waals surface area contributed by atoms with Gasteiger partial charge in [0.25, 0.3) is 0 Å². The van der Waals surface area contributed by atoms with Crippen LogP contribution in [0.2, 0.25) is 0 Å². The van der Waals surface area contributed by atoms with Crippen molar-refractivity contribution in [2.45, 2.75) is 19.3 Å². The first-order chi connectivity index (χ1) is 9.43. The maximum Gasteiger partial charge on any atom is 0.178 e. The molecule has 98 valence electrons. The molecule has 1 aliphatic carbocycles. The second-order valence-electron chi connectivity index (χ2n) is 4.75. The molecular weight excluding hydrogens is 238 g/mol. The van der Waals surface area contributed by atoms with Gasteiger partial charge >= 0.3 is 0 Å². The predicted molar refractivity (Wildman–Crippen MR) is 74.1 cm³/mol. The van der Waals surface area contributed by atoms with Crippen LogP contribution in [0.3, 0.4) is 0 Å². The predicted octanol–water partition coefficient (Wildman–Crippen LogP) is 2.43. The van der Waals surface area contributed by atoms with Gasteiger partial charge in [-0.2, -0.15) is 5.10 Å². The molecule has 1 aliphatic rings. The molecule has 0 spiro atoms. The molecule has 5 nitrogen and oxygen atoms in total. The summed E-state index contributed by atoms with van der Waals surface area (Å²) in [6.45, 7) is 0.970. The number of nitrogens with one attached hydrogen (secondary N) is 1. The second-order valence-corrected chi connectivity index (χ2v) is 4.75. The lowest BCUT2D eigenvalue weighted by molar-refractivity contribution is 0.504. The van der Waals surface area contributed by atoms with Gasteiger partial charge in [0, 0.05) is 12.7 Å². The normalized spacial score (nSPS) is 18.4. The summed E-state index contributed by atoms with van der Waals surface area (Å²) in [5.74, 6) is 1.50. The molecule has 0 aliphatic heterocycles. The number of nitrogens with zero attached hydrogens (tertiary/aromatic N) is 4. The molecule has 2 heterocycles. The van der Waals surface area contributed by atoms with Gasteiger partial charge in [-0.15, -0.1) is 0 Å². The van der Waals surface area contributed by atoms with Crippen LogP contribution in [-0.4, -0.2) is 26.3 Å². The van der Waals surface area contributed by atoms with Crippen molar-refractivity contribution in [1.29, 1.82) is 0 Å². The summed E-state index contributed by atoms with van der Waals surface area (Å²) in [5.41, 5.74) is 1.00. The molecule has 0 saturated heterocycles. The molecule has 0 fully saturated rings. The minimum atomic E-state index is 0.703. The van der Waals surface area contributed by atoms with Crippen molar-refractivity contribution >= 4 is 5.69 Å². The van der Waals surface area contributed by atoms with E-state index in [1.165, 1.54) is 19.2 Å². The van der Waals surface area contributed by atoms with Gasteiger partial charge in [-0.3, -0.25) is 0 Å². The van der Waals surface area contributed by atoms with Gasteiger partial charge in [-0.05, 0) is 37.3 Å². The number of anilines is 1. The van der Waals surface area contributed by atoms with Gasteiger partial charge in [0.05, 0.1) is 5.69 Å². The van der Waals surface area contributed by atoms with Crippen molar-refractivity contribution in [3.8, 4) is 5.82 Å². The monoisotopic (exact) mass is 255 g/mol. The third kappa shape index (κ3) is 2.81. The second kappa shape index (κ2) is 5.65. The van der Waals surface area contributed by atoms with Gasteiger partial charge in [-0.1, -0.05) is 12.2 Å². The van der Waals surface area contributed by atoms with Crippen molar-refractivity contribution in [1.82, 2.24) is 19.7 Å². The first-order valence-electron chi connectivity index (χ1n) is 6.62. The molecule has 0 bridgehead atoms. The van der Waals surface area contributed by atoms with Gasteiger partial charge in [-0.25, -0.2) is 14.6 Å². The third-order valence-corrected chi connectivity index (χ3v) is 3.38. The van der Waals surface area contributed by atoms with E-state index in [0.29, 0.717) is 5.92 Å². The van der Waals surface area contributed by atoms with Gasteiger partial charge in [0.2, 0.25) is 0 Å². The van der Waals surface area contributed by atoms with E-state index in [4.69, 9.17) is 0 Å². The Morgan fingerprint density at radius 2 is 2.37 bits per heavy atom. The largest absolute Gasteiger partial charge is 0.382 e. The lowest BCUT2D eigenvalue weighted by Crippen LogP contribution is -2.16. The Hall–Kier alpha value is -2.17. The number of hydrogen-bond donors (Lipinski definition) is 1. The minimum absolute atomic E-state index is 0.703. The number of pyridine rings is 1. The fourth-order valence-electron chi connectivity index (χ4n) is 2.33. The summed E-state index contributed by atoms with van der Waals surface area (Å²) in [6.07, 6.45) is 13.1. The van der Waals surface area contributed by atoms with E-state index < -0.39 is 0 Å². The molecule has 2 aromatic rings. The summed E-state index contributed by atoms with van der Waals surface area (Å²) in [5, 5.41) is 7.62. The summed E-state index contributed by atoms with van der Waals surface area (Å²) in [4.78, 5) is 8.33. The molecule has 19 heavy (non-hydrogen) atoms. The highest BCUT2D eigenvalue weighted by atomic mass is 15.3. The van der Waals surface area contributed by atoms with E-state index in [1.54, 1.807) is 17.2 Å². The number of allylic oxidation sites excluding steroid dienone is 2. The van der Waals surface area contributed by atoms with Crippen molar-refractivity contribution in [3.05, 3.63) is 43.1 Å². The molecule has 5 heteroatoms. The van der Waals surface area contributed by atoms with Crippen LogP contribution < -0.4 is 5.32 Å². The average Bonchev–Trinajstić information content (AvgIpc) is 3.01. The summed E-state index contributed by atoms with van der Waals surface area (Å²) >= 11 is 0. The summed E-state index contributed by atoms with van der Waals surface area (Å²) < 4.78 is 1.68. The Kier molecular flexibility index (Phi) is 3.54. The van der Waals surface area contributed by atoms with Crippen LogP contribution in [0.4, 0.5) is 5.69 Å². The fourth-order valence-corrected chi connectivity index (χ4v) is 2.33. The Morgan fingerprint density at radius 1 is 1.37 bits per heavy atom. The fraction of sp³-hybridized carbons (Fsp3) is 0.357. The summed E-state index contributed by atoms with van der Waals surface area (Å²) in [6, 6.07) is 3.96. The first-order valence-corrected chi connectivity index (χ1v) is 6.62. The zero-order chi connectivity index (χ0) is 12.9. The van der Waals surface area contributed by atoms with Crippen LogP contribution in [-0.2, 0) is 0 Å². The van der Waals surface area contributed by atoms with E-state index in [2.05, 4.69) is 32.5 Å². The van der Waals surface area contributed by atoms with E-state index in [9.17, 15) is 0 Å². The van der Waals surface area contributed by atoms with Crippen LogP contribution in [0.5, 0.6) is 0 Å². The Balaban J connectivity index is 1.72. The summed E-state index contributed by atoms with van der Waals surface area (Å²) in [7, 11) is 0. The highest BCUT2D eigenvalue weighted by Crippen LogP contribution is 2.21. The third-order valence-electron chi connectivity index (χ3n) is 3.38. The quantitative estimate of drug-likeness (QED) is 0.852. The maximum atomic E-state index is 4.37. The van der Waals surface area contributed by atoms with Gasteiger partial charge < -0.3 is 5.32 Å². The van der Waals surface area contributed by atoms with Crippen molar-refractivity contribution < 1.29 is 0 Å². The lowest BCUT2D eigenvalue weighted by Gasteiger charge is -2.19. The average molecular weight is 255 g/mol. The van der Waals surface area contributed by atoms with Crippen molar-refractivity contribution in [2.24, 2.45) is 5.92 Å². The van der Waals surface area contributed by atoms with Crippen molar-refractivity contribution in [3.63, 3.8) is 0 Å². The molecule has 0 aromatic carbocycles. The molecule has 3 rings (SSSR count).